The van der Waals surface area contributed by atoms with Gasteiger partial charge in [-0.15, -0.1) is 0 Å². The summed E-state index contributed by atoms with van der Waals surface area (Å²) in [5.74, 6) is -0.395. The molecule has 0 aromatic heterocycles. The Bertz CT molecular complexity index is 723. The highest BCUT2D eigenvalue weighted by Crippen LogP contribution is 2.16. The summed E-state index contributed by atoms with van der Waals surface area (Å²) in [6.45, 7) is 2.48. The van der Waals surface area contributed by atoms with Gasteiger partial charge in [0.05, 0.1) is 15.7 Å². The molecule has 2 unspecified atom stereocenters. The Morgan fingerprint density at radius 3 is 2.79 bits per heavy atom. The summed E-state index contributed by atoms with van der Waals surface area (Å²) in [5, 5.41) is 13.4. The fraction of sp³-hybridized carbons (Fsp3) is 0.462. The molecule has 1 saturated heterocycles. The van der Waals surface area contributed by atoms with Crippen LogP contribution in [-0.4, -0.2) is 44.9 Å². The second-order valence-electron chi connectivity index (χ2n) is 5.36. The van der Waals surface area contributed by atoms with Crippen LogP contribution in [0, 0.1) is 16.0 Å². The SMILES string of the molecule is CC1NNCC1C(=O)NCCNS(=O)(=O)c1cccc([N+](=O)[O-])c1. The van der Waals surface area contributed by atoms with Crippen molar-refractivity contribution in [3.05, 3.63) is 34.4 Å². The predicted molar refractivity (Wildman–Crippen MR) is 85.4 cm³/mol. The molecular formula is C13H19N5O5S. The molecule has 0 bridgehead atoms. The van der Waals surface area contributed by atoms with Crippen molar-refractivity contribution in [2.45, 2.75) is 17.9 Å². The second-order valence-corrected chi connectivity index (χ2v) is 7.13. The first-order chi connectivity index (χ1) is 11.3. The van der Waals surface area contributed by atoms with Crippen molar-refractivity contribution in [2.75, 3.05) is 19.6 Å². The Hall–Kier alpha value is -2.08. The Morgan fingerprint density at radius 1 is 1.42 bits per heavy atom. The van der Waals surface area contributed by atoms with Crippen LogP contribution in [-0.2, 0) is 14.8 Å². The minimum absolute atomic E-state index is 0.00782. The summed E-state index contributed by atoms with van der Waals surface area (Å²) < 4.78 is 26.5. The number of nitro benzene ring substituents is 1. The number of sulfonamides is 1. The lowest BCUT2D eigenvalue weighted by atomic mass is 10.0. The van der Waals surface area contributed by atoms with Crippen molar-refractivity contribution in [2.24, 2.45) is 5.92 Å². The van der Waals surface area contributed by atoms with E-state index in [9.17, 15) is 23.3 Å². The summed E-state index contributed by atoms with van der Waals surface area (Å²) >= 11 is 0. The maximum absolute atomic E-state index is 12.1. The number of rotatable bonds is 7. The van der Waals surface area contributed by atoms with Crippen molar-refractivity contribution in [1.82, 2.24) is 20.9 Å². The summed E-state index contributed by atoms with van der Waals surface area (Å²) in [7, 11) is -3.87. The monoisotopic (exact) mass is 357 g/mol. The number of nitrogens with zero attached hydrogens (tertiary/aromatic N) is 1. The smallest absolute Gasteiger partial charge is 0.270 e. The number of hydrazine groups is 1. The van der Waals surface area contributed by atoms with Gasteiger partial charge in [-0.3, -0.25) is 25.8 Å². The molecule has 1 aliphatic heterocycles. The van der Waals surface area contributed by atoms with Crippen molar-refractivity contribution < 1.29 is 18.1 Å². The van der Waals surface area contributed by atoms with E-state index in [1.54, 1.807) is 0 Å². The predicted octanol–water partition coefficient (Wildman–Crippen LogP) is -0.898. The van der Waals surface area contributed by atoms with Gasteiger partial charge in [0, 0.05) is 37.8 Å². The highest BCUT2D eigenvalue weighted by atomic mass is 32.2. The molecule has 10 nitrogen and oxygen atoms in total. The lowest BCUT2D eigenvalue weighted by Gasteiger charge is -2.14. The fourth-order valence-electron chi connectivity index (χ4n) is 2.28. The molecule has 2 rings (SSSR count). The topological polar surface area (TPSA) is 142 Å². The normalized spacial score (nSPS) is 20.7. The number of nitrogens with one attached hydrogen (secondary N) is 4. The fourth-order valence-corrected chi connectivity index (χ4v) is 3.35. The van der Waals surface area contributed by atoms with E-state index >= 15 is 0 Å². The van der Waals surface area contributed by atoms with Crippen LogP contribution in [0.25, 0.3) is 0 Å². The molecule has 1 aromatic rings. The lowest BCUT2D eigenvalue weighted by Crippen LogP contribution is -2.41. The quantitative estimate of drug-likeness (QED) is 0.281. The number of hydrogen-bond acceptors (Lipinski definition) is 7. The molecule has 1 aromatic carbocycles. The summed E-state index contributed by atoms with van der Waals surface area (Å²) in [6, 6.07) is 4.76. The van der Waals surface area contributed by atoms with E-state index in [1.165, 1.54) is 18.2 Å². The van der Waals surface area contributed by atoms with Gasteiger partial charge in [0.25, 0.3) is 5.69 Å². The largest absolute Gasteiger partial charge is 0.354 e. The van der Waals surface area contributed by atoms with Gasteiger partial charge in [0.2, 0.25) is 15.9 Å². The van der Waals surface area contributed by atoms with E-state index < -0.39 is 14.9 Å². The Kier molecular flexibility index (Phi) is 5.83. The van der Waals surface area contributed by atoms with Crippen LogP contribution in [0.2, 0.25) is 0 Å². The van der Waals surface area contributed by atoms with Gasteiger partial charge in [0.1, 0.15) is 0 Å². The molecule has 0 radical (unpaired) electrons. The van der Waals surface area contributed by atoms with E-state index in [-0.39, 0.29) is 41.5 Å². The molecule has 1 fully saturated rings. The van der Waals surface area contributed by atoms with Gasteiger partial charge in [-0.2, -0.15) is 0 Å². The molecule has 0 spiro atoms. The summed E-state index contributed by atoms with van der Waals surface area (Å²) in [6.07, 6.45) is 0. The van der Waals surface area contributed by atoms with Gasteiger partial charge >= 0.3 is 0 Å². The molecule has 0 saturated carbocycles. The van der Waals surface area contributed by atoms with Crippen LogP contribution in [0.15, 0.2) is 29.2 Å². The average Bonchev–Trinajstić information content (AvgIpc) is 2.97. The summed E-state index contributed by atoms with van der Waals surface area (Å²) in [4.78, 5) is 21.8. The first-order valence-corrected chi connectivity index (χ1v) is 8.80. The standard InChI is InChI=1S/C13H19N5O5S/c1-9-12(8-15-17-9)13(19)14-5-6-16-24(22,23)11-4-2-3-10(7-11)18(20)21/h2-4,7,9,12,15-17H,5-6,8H2,1H3,(H,14,19). The zero-order chi connectivity index (χ0) is 17.7. The van der Waals surface area contributed by atoms with Crippen LogP contribution in [0.4, 0.5) is 5.69 Å². The van der Waals surface area contributed by atoms with Gasteiger partial charge in [0.15, 0.2) is 0 Å². The Morgan fingerprint density at radius 2 is 2.17 bits per heavy atom. The molecule has 4 N–H and O–H groups in total. The molecule has 1 heterocycles. The second kappa shape index (κ2) is 7.66. The third-order valence-electron chi connectivity index (χ3n) is 3.65. The maximum Gasteiger partial charge on any atom is 0.270 e. The summed E-state index contributed by atoms with van der Waals surface area (Å²) in [5.41, 5.74) is 5.50. The molecule has 132 valence electrons. The average molecular weight is 357 g/mol. The number of carbonyl (C=O) groups excluding carboxylic acids is 1. The number of nitro groups is 1. The zero-order valence-electron chi connectivity index (χ0n) is 13.0. The minimum Gasteiger partial charge on any atom is -0.354 e. The van der Waals surface area contributed by atoms with E-state index in [0.29, 0.717) is 6.54 Å². The number of benzene rings is 1. The molecule has 24 heavy (non-hydrogen) atoms. The van der Waals surface area contributed by atoms with Gasteiger partial charge in [-0.05, 0) is 13.0 Å². The van der Waals surface area contributed by atoms with E-state index in [1.807, 2.05) is 6.92 Å². The Labute approximate surface area is 139 Å². The van der Waals surface area contributed by atoms with Crippen molar-refractivity contribution in [1.29, 1.82) is 0 Å². The highest BCUT2D eigenvalue weighted by Gasteiger charge is 2.29. The molecule has 1 aliphatic rings. The number of non-ortho nitro benzene ring substituents is 1. The number of hydrogen-bond donors (Lipinski definition) is 4. The Balaban J connectivity index is 1.86. The van der Waals surface area contributed by atoms with Crippen LogP contribution < -0.4 is 20.9 Å². The first kappa shape index (κ1) is 18.3. The molecular weight excluding hydrogens is 338 g/mol. The van der Waals surface area contributed by atoms with Gasteiger partial charge < -0.3 is 5.32 Å². The van der Waals surface area contributed by atoms with Gasteiger partial charge in [-0.1, -0.05) is 6.07 Å². The van der Waals surface area contributed by atoms with Crippen molar-refractivity contribution in [3.63, 3.8) is 0 Å². The first-order valence-electron chi connectivity index (χ1n) is 7.31. The van der Waals surface area contributed by atoms with E-state index in [4.69, 9.17) is 0 Å². The third-order valence-corrected chi connectivity index (χ3v) is 5.11. The van der Waals surface area contributed by atoms with Crippen LogP contribution in [0.1, 0.15) is 6.92 Å². The molecule has 11 heteroatoms. The highest BCUT2D eigenvalue weighted by molar-refractivity contribution is 7.89. The lowest BCUT2D eigenvalue weighted by molar-refractivity contribution is -0.385. The van der Waals surface area contributed by atoms with Crippen LogP contribution in [0.5, 0.6) is 0 Å². The number of carbonyl (C=O) groups is 1. The number of amides is 1. The van der Waals surface area contributed by atoms with Gasteiger partial charge in [-0.25, -0.2) is 13.1 Å². The molecule has 1 amide bonds. The minimum atomic E-state index is -3.87. The molecule has 2 atom stereocenters. The van der Waals surface area contributed by atoms with Crippen molar-refractivity contribution >= 4 is 21.6 Å². The maximum atomic E-state index is 12.1. The third kappa shape index (κ3) is 4.47. The zero-order valence-corrected chi connectivity index (χ0v) is 13.8. The van der Waals surface area contributed by atoms with Crippen molar-refractivity contribution in [3.8, 4) is 0 Å². The van der Waals surface area contributed by atoms with E-state index in [2.05, 4.69) is 20.9 Å². The van der Waals surface area contributed by atoms with Crippen LogP contribution in [0.3, 0.4) is 0 Å². The van der Waals surface area contributed by atoms with E-state index in [0.717, 1.165) is 6.07 Å². The molecule has 0 aliphatic carbocycles. The van der Waals surface area contributed by atoms with Crippen LogP contribution >= 0.6 is 0 Å².